The molecule has 9 nitrogen and oxygen atoms in total. The van der Waals surface area contributed by atoms with Crippen molar-refractivity contribution < 1.29 is 18.7 Å². The molecular weight excluding hydrogens is 487 g/mol. The van der Waals surface area contributed by atoms with Crippen molar-refractivity contribution in [2.75, 3.05) is 44.7 Å². The summed E-state index contributed by atoms with van der Waals surface area (Å²) >= 11 is 0. The Hall–Kier alpha value is -4.02. The van der Waals surface area contributed by atoms with E-state index >= 15 is 0 Å². The topological polar surface area (TPSA) is 107 Å². The molecule has 0 radical (unpaired) electrons. The number of halogens is 1. The lowest BCUT2D eigenvalue weighted by Crippen LogP contribution is -2.39. The fraction of sp³-hybridized carbons (Fsp3) is 0.321. The average Bonchev–Trinajstić information content (AvgIpc) is 3.31. The molecule has 200 valence electrons. The van der Waals surface area contributed by atoms with Crippen molar-refractivity contribution in [2.24, 2.45) is 5.73 Å². The number of ether oxygens (including phenoxy) is 2. The molecular formula is C28H33FN6O3. The maximum absolute atomic E-state index is 13.9. The quantitative estimate of drug-likeness (QED) is 0.354. The lowest BCUT2D eigenvalue weighted by molar-refractivity contribution is 0.0398. The molecule has 0 aliphatic carbocycles. The number of primary amides is 1. The number of amides is 1. The lowest BCUT2D eigenvalue weighted by Gasteiger charge is -2.26. The summed E-state index contributed by atoms with van der Waals surface area (Å²) in [6, 6.07) is 11.6. The van der Waals surface area contributed by atoms with Gasteiger partial charge < -0.3 is 20.5 Å². The van der Waals surface area contributed by atoms with Gasteiger partial charge in [0.2, 0.25) is 11.8 Å². The normalized spacial score (nSPS) is 13.8. The molecule has 5 rings (SSSR count). The molecule has 1 saturated heterocycles. The predicted octanol–water partition coefficient (Wildman–Crippen LogP) is 4.42. The molecule has 10 heteroatoms. The molecule has 0 spiro atoms. The number of aromatic nitrogens is 3. The van der Waals surface area contributed by atoms with E-state index in [1.54, 1.807) is 28.9 Å². The zero-order valence-corrected chi connectivity index (χ0v) is 20.8. The first-order valence-corrected chi connectivity index (χ1v) is 12.2. The maximum atomic E-state index is 13.9. The summed E-state index contributed by atoms with van der Waals surface area (Å²) in [5, 5.41) is 8.14. The van der Waals surface area contributed by atoms with E-state index in [9.17, 15) is 9.18 Å². The first-order chi connectivity index (χ1) is 17.9. The third kappa shape index (κ3) is 5.76. The van der Waals surface area contributed by atoms with Crippen molar-refractivity contribution in [3.63, 3.8) is 0 Å². The third-order valence-electron chi connectivity index (χ3n) is 6.44. The minimum absolute atomic E-state index is 0. The van der Waals surface area contributed by atoms with E-state index in [0.29, 0.717) is 35.1 Å². The monoisotopic (exact) mass is 520 g/mol. The number of carbonyl (C=O) groups is 1. The smallest absolute Gasteiger partial charge is 0.248 e. The van der Waals surface area contributed by atoms with E-state index in [1.807, 2.05) is 26.0 Å². The Balaban J connectivity index is 0.00000336. The van der Waals surface area contributed by atoms with E-state index in [2.05, 4.69) is 20.3 Å². The number of hydrogen-bond donors (Lipinski definition) is 2. The number of nitrogens with zero attached hydrogens (tertiary/aromatic N) is 4. The number of morpholine rings is 1. The summed E-state index contributed by atoms with van der Waals surface area (Å²) in [7, 11) is 0. The van der Waals surface area contributed by atoms with Crippen molar-refractivity contribution >= 4 is 17.2 Å². The van der Waals surface area contributed by atoms with Crippen LogP contribution in [0.2, 0.25) is 0 Å². The molecule has 1 aliphatic heterocycles. The number of carbonyl (C=O) groups excluding carboxylic acids is 1. The number of rotatable bonds is 8. The summed E-state index contributed by atoms with van der Waals surface area (Å²) in [4.78, 5) is 18.7. The van der Waals surface area contributed by atoms with E-state index in [1.165, 1.54) is 12.1 Å². The number of imidazole rings is 1. The second-order valence-electron chi connectivity index (χ2n) is 9.06. The molecule has 0 bridgehead atoms. The number of hydrogen-bond acceptors (Lipinski definition) is 7. The Morgan fingerprint density at radius 3 is 2.66 bits per heavy atom. The van der Waals surface area contributed by atoms with E-state index < -0.39 is 5.91 Å². The Morgan fingerprint density at radius 1 is 1.13 bits per heavy atom. The van der Waals surface area contributed by atoms with Crippen LogP contribution in [0.1, 0.15) is 28.9 Å². The van der Waals surface area contributed by atoms with Crippen LogP contribution in [0, 0.1) is 19.7 Å². The third-order valence-corrected chi connectivity index (χ3v) is 6.44. The highest BCUT2D eigenvalue weighted by Gasteiger charge is 2.17. The van der Waals surface area contributed by atoms with Crippen LogP contribution in [-0.2, 0) is 4.74 Å². The summed E-state index contributed by atoms with van der Waals surface area (Å²) in [5.74, 6) is -0.193. The number of fused-ring (bicyclic) bond motifs is 1. The Bertz CT molecular complexity index is 1450. The van der Waals surface area contributed by atoms with E-state index in [4.69, 9.17) is 15.2 Å². The molecule has 2 aromatic heterocycles. The first-order valence-electron chi connectivity index (χ1n) is 12.2. The van der Waals surface area contributed by atoms with Crippen molar-refractivity contribution in [1.29, 1.82) is 0 Å². The minimum Gasteiger partial charge on any atom is -0.437 e. The van der Waals surface area contributed by atoms with Crippen molar-refractivity contribution in [2.45, 2.75) is 21.3 Å². The second-order valence-corrected chi connectivity index (χ2v) is 9.06. The van der Waals surface area contributed by atoms with E-state index in [-0.39, 0.29) is 13.2 Å². The lowest BCUT2D eigenvalue weighted by atomic mass is 10.0. The van der Waals surface area contributed by atoms with Crippen LogP contribution in [0.25, 0.3) is 16.9 Å². The molecule has 38 heavy (non-hydrogen) atoms. The van der Waals surface area contributed by atoms with Crippen molar-refractivity contribution in [3.05, 3.63) is 71.2 Å². The van der Waals surface area contributed by atoms with Crippen LogP contribution in [0.3, 0.4) is 0 Å². The van der Waals surface area contributed by atoms with Crippen LogP contribution in [0.5, 0.6) is 11.6 Å². The van der Waals surface area contributed by atoms with Crippen LogP contribution in [0.4, 0.5) is 10.1 Å². The predicted molar refractivity (Wildman–Crippen MR) is 145 cm³/mol. The molecule has 1 fully saturated rings. The molecule has 1 amide bonds. The van der Waals surface area contributed by atoms with Gasteiger partial charge in [-0.25, -0.2) is 13.9 Å². The summed E-state index contributed by atoms with van der Waals surface area (Å²) in [5.41, 5.74) is 10.4. The Morgan fingerprint density at radius 2 is 1.92 bits per heavy atom. The van der Waals surface area contributed by atoms with Crippen LogP contribution >= 0.6 is 0 Å². The van der Waals surface area contributed by atoms with Gasteiger partial charge in [0.05, 0.1) is 30.8 Å². The molecule has 4 aromatic rings. The van der Waals surface area contributed by atoms with Gasteiger partial charge in [-0.1, -0.05) is 19.6 Å². The van der Waals surface area contributed by atoms with Gasteiger partial charge >= 0.3 is 0 Å². The fourth-order valence-electron chi connectivity index (χ4n) is 4.39. The Kier molecular flexibility index (Phi) is 8.23. The zero-order valence-electron chi connectivity index (χ0n) is 20.8. The van der Waals surface area contributed by atoms with Gasteiger partial charge in [0, 0.05) is 49.4 Å². The highest BCUT2D eigenvalue weighted by molar-refractivity contribution is 5.94. The SMILES string of the molecule is C.Cc1ccc(F)cc1Oc1cc(NCCN2CCOCC2)c2ncc(-c3ccc(C(N)=O)c(C)c3)n2n1. The largest absolute Gasteiger partial charge is 0.437 e. The number of anilines is 1. The average molecular weight is 521 g/mol. The van der Waals surface area contributed by atoms with Gasteiger partial charge in [0.15, 0.2) is 5.65 Å². The highest BCUT2D eigenvalue weighted by atomic mass is 19.1. The molecule has 3 N–H and O–H groups in total. The summed E-state index contributed by atoms with van der Waals surface area (Å²) in [6.07, 6.45) is 1.73. The van der Waals surface area contributed by atoms with Gasteiger partial charge in [-0.05, 0) is 43.2 Å². The molecule has 0 atom stereocenters. The summed E-state index contributed by atoms with van der Waals surface area (Å²) in [6.45, 7) is 8.49. The number of aryl methyl sites for hydroxylation is 2. The standard InChI is InChI=1S/C27H29FN6O3.CH4/c1-17-3-5-20(28)14-24(17)37-25-15-22(30-7-8-33-9-11-36-12-10-33)27-31-16-23(34(27)32-25)19-4-6-21(26(29)35)18(2)13-19;/h3-6,13-16,30H,7-12H2,1-2H3,(H2,29,35);1H4. The molecule has 0 saturated carbocycles. The first kappa shape index (κ1) is 27.0. The number of nitrogens with one attached hydrogen (secondary N) is 1. The van der Waals surface area contributed by atoms with Gasteiger partial charge in [-0.3, -0.25) is 9.69 Å². The second kappa shape index (κ2) is 11.6. The minimum atomic E-state index is -0.478. The van der Waals surface area contributed by atoms with Crippen LogP contribution in [0.15, 0.2) is 48.7 Å². The highest BCUT2D eigenvalue weighted by Crippen LogP contribution is 2.31. The van der Waals surface area contributed by atoms with Gasteiger partial charge in [0.25, 0.3) is 0 Å². The van der Waals surface area contributed by atoms with Crippen LogP contribution < -0.4 is 15.8 Å². The number of benzene rings is 2. The van der Waals surface area contributed by atoms with Gasteiger partial charge in [-0.15, -0.1) is 5.10 Å². The van der Waals surface area contributed by atoms with Crippen molar-refractivity contribution in [3.8, 4) is 22.9 Å². The maximum Gasteiger partial charge on any atom is 0.248 e. The fourth-order valence-corrected chi connectivity index (χ4v) is 4.39. The number of nitrogens with two attached hydrogens (primary N) is 1. The molecule has 1 aliphatic rings. The van der Waals surface area contributed by atoms with Crippen molar-refractivity contribution in [1.82, 2.24) is 19.5 Å². The molecule has 0 unspecified atom stereocenters. The van der Waals surface area contributed by atoms with Gasteiger partial charge in [0.1, 0.15) is 11.6 Å². The Labute approximate surface area is 221 Å². The molecule has 3 heterocycles. The summed E-state index contributed by atoms with van der Waals surface area (Å²) < 4.78 is 27.1. The van der Waals surface area contributed by atoms with Crippen LogP contribution in [-0.4, -0.2) is 64.8 Å². The molecule has 2 aromatic carbocycles. The zero-order chi connectivity index (χ0) is 25.9. The van der Waals surface area contributed by atoms with Gasteiger partial charge in [-0.2, -0.15) is 0 Å². The van der Waals surface area contributed by atoms with E-state index in [0.717, 1.165) is 55.2 Å².